The predicted octanol–water partition coefficient (Wildman–Crippen LogP) is 3.10. The second-order valence-electron chi connectivity index (χ2n) is 9.02. The average Bonchev–Trinajstić information content (AvgIpc) is 2.81. The minimum Gasteiger partial charge on any atom is -0.356 e. The molecule has 0 spiro atoms. The van der Waals surface area contributed by atoms with Gasteiger partial charge in [0.05, 0.1) is 10.8 Å². The number of hydrogen-bond donors (Lipinski definition) is 2. The van der Waals surface area contributed by atoms with Crippen molar-refractivity contribution in [2.24, 2.45) is 11.8 Å². The van der Waals surface area contributed by atoms with Gasteiger partial charge in [-0.05, 0) is 48.9 Å². The quantitative estimate of drug-likeness (QED) is 0.618. The first-order valence-electron chi connectivity index (χ1n) is 11.4. The fraction of sp³-hybridized carbons (Fsp3) is 0.440. The molecule has 1 saturated heterocycles. The molecule has 1 aliphatic rings. The molecule has 2 amide bonds. The Balaban J connectivity index is 1.72. The van der Waals surface area contributed by atoms with E-state index in [-0.39, 0.29) is 29.2 Å². The molecule has 2 N–H and O–H groups in total. The highest BCUT2D eigenvalue weighted by Gasteiger charge is 2.30. The number of hydrogen-bond acceptors (Lipinski definition) is 4. The van der Waals surface area contributed by atoms with E-state index in [0.29, 0.717) is 36.7 Å². The lowest BCUT2D eigenvalue weighted by atomic mass is 9.95. The molecular weight excluding hydrogens is 438 g/mol. The smallest absolute Gasteiger partial charge is 0.254 e. The van der Waals surface area contributed by atoms with Gasteiger partial charge in [0.25, 0.3) is 5.91 Å². The number of likely N-dealkylation sites (tertiary alicyclic amines) is 1. The zero-order valence-electron chi connectivity index (χ0n) is 19.5. The van der Waals surface area contributed by atoms with Crippen LogP contribution in [0.1, 0.15) is 48.2 Å². The van der Waals surface area contributed by atoms with Gasteiger partial charge in [0, 0.05) is 31.7 Å². The van der Waals surface area contributed by atoms with E-state index in [2.05, 4.69) is 10.0 Å². The SMILES string of the molecule is Cc1ccc(S(=O)(=O)NCc2ccccc2)cc1C(=O)N1CCCC(C(=O)NCC(C)C)C1. The van der Waals surface area contributed by atoms with Crippen LogP contribution in [0, 0.1) is 18.8 Å². The molecule has 0 aromatic heterocycles. The number of sulfonamides is 1. The Labute approximate surface area is 196 Å². The van der Waals surface area contributed by atoms with Gasteiger partial charge in [-0.25, -0.2) is 13.1 Å². The van der Waals surface area contributed by atoms with Gasteiger partial charge in [0.2, 0.25) is 15.9 Å². The maximum Gasteiger partial charge on any atom is 0.254 e. The number of rotatable bonds is 8. The van der Waals surface area contributed by atoms with Gasteiger partial charge in [-0.15, -0.1) is 0 Å². The monoisotopic (exact) mass is 471 g/mol. The van der Waals surface area contributed by atoms with Gasteiger partial charge < -0.3 is 10.2 Å². The molecule has 2 aromatic carbocycles. The fourth-order valence-corrected chi connectivity index (χ4v) is 4.89. The van der Waals surface area contributed by atoms with E-state index < -0.39 is 10.0 Å². The zero-order chi connectivity index (χ0) is 24.0. The van der Waals surface area contributed by atoms with E-state index in [1.165, 1.54) is 12.1 Å². The van der Waals surface area contributed by atoms with Crippen LogP contribution < -0.4 is 10.0 Å². The molecule has 178 valence electrons. The van der Waals surface area contributed by atoms with Crippen LogP contribution in [0.3, 0.4) is 0 Å². The van der Waals surface area contributed by atoms with Crippen molar-refractivity contribution in [1.29, 1.82) is 0 Å². The Morgan fingerprint density at radius 2 is 1.85 bits per heavy atom. The number of carbonyl (C=O) groups is 2. The van der Waals surface area contributed by atoms with E-state index >= 15 is 0 Å². The standard InChI is InChI=1S/C25H33N3O4S/c1-18(2)15-26-24(29)21-10-7-13-28(17-21)25(30)23-14-22(12-11-19(23)3)33(31,32)27-16-20-8-5-4-6-9-20/h4-6,8-9,11-12,14,18,21,27H,7,10,13,15-17H2,1-3H3,(H,26,29). The summed E-state index contributed by atoms with van der Waals surface area (Å²) in [7, 11) is -3.79. The normalized spacial score (nSPS) is 16.6. The number of nitrogens with one attached hydrogen (secondary N) is 2. The molecule has 0 saturated carbocycles. The van der Waals surface area contributed by atoms with Crippen molar-refractivity contribution in [2.75, 3.05) is 19.6 Å². The number of piperidine rings is 1. The molecule has 7 nitrogen and oxygen atoms in total. The van der Waals surface area contributed by atoms with E-state index in [9.17, 15) is 18.0 Å². The molecule has 1 atom stereocenters. The topological polar surface area (TPSA) is 95.6 Å². The molecule has 3 rings (SSSR count). The Morgan fingerprint density at radius 1 is 1.12 bits per heavy atom. The summed E-state index contributed by atoms with van der Waals surface area (Å²) in [5.74, 6) is -0.160. The second-order valence-corrected chi connectivity index (χ2v) is 10.8. The van der Waals surface area contributed by atoms with E-state index in [4.69, 9.17) is 0 Å². The van der Waals surface area contributed by atoms with Crippen LogP contribution in [0.15, 0.2) is 53.4 Å². The Hall–Kier alpha value is -2.71. The Morgan fingerprint density at radius 3 is 2.55 bits per heavy atom. The van der Waals surface area contributed by atoms with Crippen molar-refractivity contribution < 1.29 is 18.0 Å². The molecule has 1 aliphatic heterocycles. The second kappa shape index (κ2) is 10.9. The summed E-state index contributed by atoms with van der Waals surface area (Å²) < 4.78 is 28.3. The highest BCUT2D eigenvalue weighted by molar-refractivity contribution is 7.89. The molecular formula is C25H33N3O4S. The summed E-state index contributed by atoms with van der Waals surface area (Å²) in [6, 6.07) is 13.9. The van der Waals surface area contributed by atoms with Gasteiger partial charge >= 0.3 is 0 Å². The first-order valence-corrected chi connectivity index (χ1v) is 12.9. The Kier molecular flexibility index (Phi) is 8.26. The average molecular weight is 472 g/mol. The van der Waals surface area contributed by atoms with Crippen LogP contribution in [0.5, 0.6) is 0 Å². The molecule has 8 heteroatoms. The maximum atomic E-state index is 13.3. The number of nitrogens with zero attached hydrogens (tertiary/aromatic N) is 1. The van der Waals surface area contributed by atoms with Crippen molar-refractivity contribution in [3.8, 4) is 0 Å². The molecule has 0 radical (unpaired) electrons. The number of amides is 2. The lowest BCUT2D eigenvalue weighted by molar-refractivity contribution is -0.126. The predicted molar refractivity (Wildman–Crippen MR) is 128 cm³/mol. The van der Waals surface area contributed by atoms with Crippen molar-refractivity contribution in [3.63, 3.8) is 0 Å². The van der Waals surface area contributed by atoms with Crippen LogP contribution in [-0.4, -0.2) is 44.8 Å². The summed E-state index contributed by atoms with van der Waals surface area (Å²) >= 11 is 0. The van der Waals surface area contributed by atoms with Gasteiger partial charge in [-0.3, -0.25) is 9.59 Å². The molecule has 1 fully saturated rings. The summed E-state index contributed by atoms with van der Waals surface area (Å²) in [5, 5.41) is 2.95. The minimum atomic E-state index is -3.79. The van der Waals surface area contributed by atoms with E-state index in [1.54, 1.807) is 17.9 Å². The van der Waals surface area contributed by atoms with Gasteiger partial charge in [0.1, 0.15) is 0 Å². The molecule has 0 aliphatic carbocycles. The molecule has 1 heterocycles. The van der Waals surface area contributed by atoms with Crippen LogP contribution in [0.2, 0.25) is 0 Å². The zero-order valence-corrected chi connectivity index (χ0v) is 20.3. The van der Waals surface area contributed by atoms with Gasteiger partial charge in [-0.2, -0.15) is 0 Å². The highest BCUT2D eigenvalue weighted by Crippen LogP contribution is 2.22. The van der Waals surface area contributed by atoms with Crippen LogP contribution in [-0.2, 0) is 21.4 Å². The molecule has 2 aromatic rings. The molecule has 33 heavy (non-hydrogen) atoms. The van der Waals surface area contributed by atoms with Crippen molar-refractivity contribution in [3.05, 3.63) is 65.2 Å². The lowest BCUT2D eigenvalue weighted by Gasteiger charge is -2.32. The molecule has 1 unspecified atom stereocenters. The van der Waals surface area contributed by atoms with Crippen molar-refractivity contribution >= 4 is 21.8 Å². The third-order valence-corrected chi connectivity index (χ3v) is 7.22. The summed E-state index contributed by atoms with van der Waals surface area (Å²) in [6.45, 7) is 7.53. The third-order valence-electron chi connectivity index (χ3n) is 5.82. The van der Waals surface area contributed by atoms with E-state index in [1.807, 2.05) is 44.2 Å². The Bertz CT molecular complexity index is 1080. The van der Waals surface area contributed by atoms with Crippen LogP contribution in [0.25, 0.3) is 0 Å². The summed E-state index contributed by atoms with van der Waals surface area (Å²) in [5.41, 5.74) is 1.90. The van der Waals surface area contributed by atoms with Crippen LogP contribution in [0.4, 0.5) is 0 Å². The number of carbonyl (C=O) groups excluding carboxylic acids is 2. The number of benzene rings is 2. The fourth-order valence-electron chi connectivity index (χ4n) is 3.85. The lowest BCUT2D eigenvalue weighted by Crippen LogP contribution is -2.46. The molecule has 0 bridgehead atoms. The van der Waals surface area contributed by atoms with Gasteiger partial charge in [0.15, 0.2) is 0 Å². The first-order chi connectivity index (χ1) is 15.7. The van der Waals surface area contributed by atoms with E-state index in [0.717, 1.165) is 18.4 Å². The van der Waals surface area contributed by atoms with Gasteiger partial charge in [-0.1, -0.05) is 50.2 Å². The number of aryl methyl sites for hydroxylation is 1. The summed E-state index contributed by atoms with van der Waals surface area (Å²) in [6.07, 6.45) is 1.48. The third kappa shape index (κ3) is 6.65. The van der Waals surface area contributed by atoms with Crippen LogP contribution >= 0.6 is 0 Å². The van der Waals surface area contributed by atoms with Crippen molar-refractivity contribution in [1.82, 2.24) is 14.9 Å². The maximum absolute atomic E-state index is 13.3. The van der Waals surface area contributed by atoms with Crippen molar-refractivity contribution in [2.45, 2.75) is 45.1 Å². The summed E-state index contributed by atoms with van der Waals surface area (Å²) in [4.78, 5) is 27.5. The largest absolute Gasteiger partial charge is 0.356 e. The minimum absolute atomic E-state index is 0.0284. The first kappa shape index (κ1) is 24.9. The highest BCUT2D eigenvalue weighted by atomic mass is 32.2.